The molecule has 0 aromatic carbocycles. The third-order valence-electron chi connectivity index (χ3n) is 3.68. The van der Waals surface area contributed by atoms with E-state index >= 15 is 0 Å². The average Bonchev–Trinajstić information content (AvgIpc) is 2.52. The van der Waals surface area contributed by atoms with Crippen molar-refractivity contribution in [2.45, 2.75) is 12.5 Å². The summed E-state index contributed by atoms with van der Waals surface area (Å²) < 4.78 is 0. The second-order valence-electron chi connectivity index (χ2n) is 4.32. The van der Waals surface area contributed by atoms with Gasteiger partial charge in [-0.3, -0.25) is 0 Å². The fourth-order valence-corrected chi connectivity index (χ4v) is 2.98. The van der Waals surface area contributed by atoms with Gasteiger partial charge in [-0.25, -0.2) is 0 Å². The normalized spacial score (nSPS) is 51.0. The van der Waals surface area contributed by atoms with E-state index in [2.05, 4.69) is 30.4 Å². The Morgan fingerprint density at radius 3 is 2.69 bits per heavy atom. The van der Waals surface area contributed by atoms with Crippen molar-refractivity contribution >= 4 is 0 Å². The molecule has 0 aliphatic heterocycles. The van der Waals surface area contributed by atoms with Crippen molar-refractivity contribution < 1.29 is 5.11 Å². The zero-order valence-corrected chi connectivity index (χ0v) is 7.51. The van der Waals surface area contributed by atoms with Crippen LogP contribution >= 0.6 is 0 Å². The SMILES string of the molecule is O[C@@H]1C=CC2C=CC1C1CC=CC21. The van der Waals surface area contributed by atoms with Gasteiger partial charge in [0.05, 0.1) is 6.10 Å². The van der Waals surface area contributed by atoms with Crippen LogP contribution in [0.15, 0.2) is 36.5 Å². The number of fused-ring (bicyclic) bond motifs is 1. The van der Waals surface area contributed by atoms with Gasteiger partial charge in [0.25, 0.3) is 0 Å². The molecule has 2 bridgehead atoms. The molecule has 0 aromatic heterocycles. The van der Waals surface area contributed by atoms with Crippen LogP contribution in [0.2, 0.25) is 0 Å². The summed E-state index contributed by atoms with van der Waals surface area (Å²) in [5.41, 5.74) is 0. The van der Waals surface area contributed by atoms with Gasteiger partial charge < -0.3 is 5.11 Å². The molecule has 13 heavy (non-hydrogen) atoms. The predicted octanol–water partition coefficient (Wildman–Crippen LogP) is 1.91. The van der Waals surface area contributed by atoms with Crippen molar-refractivity contribution in [3.63, 3.8) is 0 Å². The minimum Gasteiger partial charge on any atom is -0.388 e. The average molecular weight is 174 g/mol. The Morgan fingerprint density at radius 1 is 0.923 bits per heavy atom. The number of rotatable bonds is 0. The van der Waals surface area contributed by atoms with Crippen LogP contribution in [-0.2, 0) is 0 Å². The standard InChI is InChI=1S/C12H14O/c13-12-7-5-8-4-6-11(12)10-3-1-2-9(8)10/h1-2,4-13H,3H2/t8?,9?,10?,11?,12-/m1/s1. The van der Waals surface area contributed by atoms with Gasteiger partial charge >= 0.3 is 0 Å². The van der Waals surface area contributed by atoms with Crippen molar-refractivity contribution in [1.29, 1.82) is 0 Å². The van der Waals surface area contributed by atoms with Crippen molar-refractivity contribution in [3.8, 4) is 0 Å². The Hall–Kier alpha value is -0.820. The highest BCUT2D eigenvalue weighted by atomic mass is 16.3. The van der Waals surface area contributed by atoms with Gasteiger partial charge in [0, 0.05) is 11.8 Å². The number of allylic oxidation sites excluding steroid dienone is 4. The molecule has 0 fully saturated rings. The van der Waals surface area contributed by atoms with Crippen molar-refractivity contribution in [1.82, 2.24) is 0 Å². The van der Waals surface area contributed by atoms with Crippen LogP contribution in [0.3, 0.4) is 0 Å². The molecule has 0 aromatic rings. The molecule has 0 saturated heterocycles. The summed E-state index contributed by atoms with van der Waals surface area (Å²) in [6.45, 7) is 0. The highest BCUT2D eigenvalue weighted by Gasteiger charge is 2.40. The topological polar surface area (TPSA) is 20.2 Å². The van der Waals surface area contributed by atoms with Gasteiger partial charge in [0.15, 0.2) is 0 Å². The Kier molecular flexibility index (Phi) is 1.50. The minimum absolute atomic E-state index is 0.254. The van der Waals surface area contributed by atoms with Gasteiger partial charge in [-0.15, -0.1) is 0 Å². The molecule has 1 nitrogen and oxygen atoms in total. The van der Waals surface area contributed by atoms with Crippen LogP contribution in [0.25, 0.3) is 0 Å². The van der Waals surface area contributed by atoms with E-state index in [-0.39, 0.29) is 6.10 Å². The van der Waals surface area contributed by atoms with Crippen LogP contribution in [0.4, 0.5) is 0 Å². The third kappa shape index (κ3) is 0.969. The summed E-state index contributed by atoms with van der Waals surface area (Å²) in [6, 6.07) is 0. The Labute approximate surface area is 78.5 Å². The summed E-state index contributed by atoms with van der Waals surface area (Å²) in [7, 11) is 0. The van der Waals surface area contributed by atoms with Gasteiger partial charge in [0.1, 0.15) is 0 Å². The molecule has 4 aliphatic carbocycles. The molecular formula is C12H14O. The first kappa shape index (κ1) is 7.57. The smallest absolute Gasteiger partial charge is 0.0786 e. The van der Waals surface area contributed by atoms with Crippen molar-refractivity contribution in [3.05, 3.63) is 36.5 Å². The second-order valence-corrected chi connectivity index (χ2v) is 4.32. The maximum atomic E-state index is 9.86. The fourth-order valence-electron chi connectivity index (χ4n) is 2.98. The van der Waals surface area contributed by atoms with Crippen molar-refractivity contribution in [2.75, 3.05) is 0 Å². The highest BCUT2D eigenvalue weighted by Crippen LogP contribution is 2.45. The summed E-state index contributed by atoms with van der Waals surface area (Å²) in [6.07, 6.45) is 14.1. The second kappa shape index (κ2) is 2.58. The molecule has 0 heterocycles. The molecule has 1 heteroatoms. The van der Waals surface area contributed by atoms with Gasteiger partial charge in [-0.05, 0) is 18.3 Å². The molecule has 68 valence electrons. The molecule has 4 aliphatic rings. The first-order valence-electron chi connectivity index (χ1n) is 5.07. The molecule has 0 spiro atoms. The predicted molar refractivity (Wildman–Crippen MR) is 52.0 cm³/mol. The van der Waals surface area contributed by atoms with Gasteiger partial charge in [0.2, 0.25) is 0 Å². The first-order chi connectivity index (χ1) is 6.36. The molecule has 0 radical (unpaired) electrons. The molecule has 5 atom stereocenters. The van der Waals surface area contributed by atoms with Crippen LogP contribution in [0, 0.1) is 23.7 Å². The summed E-state index contributed by atoms with van der Waals surface area (Å²) in [4.78, 5) is 0. The van der Waals surface area contributed by atoms with Crippen LogP contribution in [0.5, 0.6) is 0 Å². The Bertz CT molecular complexity index is 300. The summed E-state index contributed by atoms with van der Waals surface area (Å²) >= 11 is 0. The number of hydrogen-bond donors (Lipinski definition) is 1. The van der Waals surface area contributed by atoms with Gasteiger partial charge in [-0.1, -0.05) is 36.5 Å². The van der Waals surface area contributed by atoms with E-state index in [1.807, 2.05) is 6.08 Å². The monoisotopic (exact) mass is 174 g/mol. The molecule has 0 saturated carbocycles. The van der Waals surface area contributed by atoms with Crippen molar-refractivity contribution in [2.24, 2.45) is 23.7 Å². The van der Waals surface area contributed by atoms with E-state index in [0.717, 1.165) is 6.42 Å². The van der Waals surface area contributed by atoms with E-state index in [0.29, 0.717) is 23.7 Å². The number of aliphatic hydroxyl groups is 1. The largest absolute Gasteiger partial charge is 0.388 e. The van der Waals surface area contributed by atoms with E-state index < -0.39 is 0 Å². The number of aliphatic hydroxyl groups excluding tert-OH is 1. The lowest BCUT2D eigenvalue weighted by atomic mass is 9.73. The maximum absolute atomic E-state index is 9.86. The summed E-state index contributed by atoms with van der Waals surface area (Å²) in [5.74, 6) is 2.20. The minimum atomic E-state index is -0.254. The fraction of sp³-hybridized carbons (Fsp3) is 0.500. The Morgan fingerprint density at radius 2 is 1.77 bits per heavy atom. The van der Waals surface area contributed by atoms with E-state index in [9.17, 15) is 5.11 Å². The molecule has 1 N–H and O–H groups in total. The Balaban J connectivity index is 2.05. The van der Waals surface area contributed by atoms with Crippen LogP contribution < -0.4 is 0 Å². The van der Waals surface area contributed by atoms with E-state index in [4.69, 9.17) is 0 Å². The quantitative estimate of drug-likeness (QED) is 0.556. The number of hydrogen-bond acceptors (Lipinski definition) is 1. The van der Waals surface area contributed by atoms with Gasteiger partial charge in [-0.2, -0.15) is 0 Å². The lowest BCUT2D eigenvalue weighted by Crippen LogP contribution is -2.30. The lowest BCUT2D eigenvalue weighted by molar-refractivity contribution is 0.124. The van der Waals surface area contributed by atoms with E-state index in [1.165, 1.54) is 0 Å². The van der Waals surface area contributed by atoms with Crippen LogP contribution in [0.1, 0.15) is 6.42 Å². The highest BCUT2D eigenvalue weighted by molar-refractivity contribution is 5.25. The lowest BCUT2D eigenvalue weighted by Gasteiger charge is -2.32. The zero-order valence-electron chi connectivity index (χ0n) is 7.51. The maximum Gasteiger partial charge on any atom is 0.0786 e. The molecule has 4 rings (SSSR count). The molecule has 4 unspecified atom stereocenters. The first-order valence-corrected chi connectivity index (χ1v) is 5.07. The summed E-state index contributed by atoms with van der Waals surface area (Å²) in [5, 5.41) is 9.86. The molecule has 0 amide bonds. The zero-order chi connectivity index (χ0) is 8.84. The van der Waals surface area contributed by atoms with Crippen LogP contribution in [-0.4, -0.2) is 11.2 Å². The molecular weight excluding hydrogens is 160 g/mol. The van der Waals surface area contributed by atoms with E-state index in [1.54, 1.807) is 0 Å². The third-order valence-corrected chi connectivity index (χ3v) is 3.68.